The maximum Gasteiger partial charge on any atom is 0.419 e. The lowest BCUT2D eigenvalue weighted by Gasteiger charge is -2.45. The van der Waals surface area contributed by atoms with E-state index in [2.05, 4.69) is 0 Å². The molecule has 12 heteroatoms. The smallest absolute Gasteiger partial charge is 0.419 e. The van der Waals surface area contributed by atoms with E-state index in [-0.39, 0.29) is 45.1 Å². The third-order valence-electron chi connectivity index (χ3n) is 7.58. The third kappa shape index (κ3) is 9.80. The van der Waals surface area contributed by atoms with Crippen molar-refractivity contribution in [1.29, 1.82) is 0 Å². The fraction of sp³-hybridized carbons (Fsp3) is 0.559. The summed E-state index contributed by atoms with van der Waals surface area (Å²) in [6, 6.07) is 15.4. The largest absolute Gasteiger partial charge is 0.480 e. The van der Waals surface area contributed by atoms with Gasteiger partial charge in [0.2, 0.25) is 7.37 Å². The van der Waals surface area contributed by atoms with Gasteiger partial charge in [-0.1, -0.05) is 48.0 Å². The predicted octanol–water partition coefficient (Wildman–Crippen LogP) is 8.30. The number of unbranched alkanes of at least 4 members (excludes halogenated alkanes) is 1. The van der Waals surface area contributed by atoms with Gasteiger partial charge in [0.25, 0.3) is 0 Å². The lowest BCUT2D eigenvalue weighted by atomic mass is 9.97. The molecule has 0 saturated carbocycles. The average molecular weight is 679 g/mol. The number of nitrogens with zero attached hydrogens (tertiary/aromatic N) is 2. The van der Waals surface area contributed by atoms with Gasteiger partial charge in [-0.05, 0) is 96.6 Å². The van der Waals surface area contributed by atoms with Crippen LogP contribution < -0.4 is 0 Å². The van der Waals surface area contributed by atoms with Crippen molar-refractivity contribution in [3.05, 3.63) is 59.1 Å². The minimum absolute atomic E-state index is 0.0192. The van der Waals surface area contributed by atoms with Crippen LogP contribution in [0.1, 0.15) is 73.3 Å². The molecule has 2 atom stereocenters. The highest BCUT2D eigenvalue weighted by atomic mass is 35.5. The second kappa shape index (κ2) is 15.3. The molecule has 1 saturated heterocycles. The van der Waals surface area contributed by atoms with E-state index in [9.17, 15) is 24.1 Å². The van der Waals surface area contributed by atoms with Crippen LogP contribution in [0.25, 0.3) is 11.1 Å². The highest BCUT2D eigenvalue weighted by Crippen LogP contribution is 2.63. The Morgan fingerprint density at radius 3 is 2.17 bits per heavy atom. The zero-order valence-corrected chi connectivity index (χ0v) is 29.7. The first-order chi connectivity index (χ1) is 21.4. The van der Waals surface area contributed by atoms with Crippen LogP contribution in [0.3, 0.4) is 0 Å². The van der Waals surface area contributed by atoms with Crippen molar-refractivity contribution < 1.29 is 38.1 Å². The lowest BCUT2D eigenvalue weighted by Crippen LogP contribution is -2.54. The molecule has 1 N–H and O–H groups in total. The Labute approximate surface area is 277 Å². The Bertz CT molecular complexity index is 1410. The molecule has 254 valence electrons. The summed E-state index contributed by atoms with van der Waals surface area (Å²) in [6.07, 6.45) is -1.07. The van der Waals surface area contributed by atoms with E-state index in [4.69, 9.17) is 25.6 Å². The number of hydrogen-bond donors (Lipinski definition) is 1. The zero-order chi connectivity index (χ0) is 34.3. The van der Waals surface area contributed by atoms with Gasteiger partial charge >= 0.3 is 18.2 Å². The zero-order valence-electron chi connectivity index (χ0n) is 28.0. The quantitative estimate of drug-likeness (QED) is 0.185. The summed E-state index contributed by atoms with van der Waals surface area (Å²) in [4.78, 5) is 41.9. The maximum atomic E-state index is 14.3. The van der Waals surface area contributed by atoms with Crippen molar-refractivity contribution in [2.75, 3.05) is 32.4 Å². The van der Waals surface area contributed by atoms with Gasteiger partial charge < -0.3 is 19.1 Å². The maximum absolute atomic E-state index is 14.3. The molecule has 2 amide bonds. The van der Waals surface area contributed by atoms with E-state index in [0.29, 0.717) is 18.1 Å². The van der Waals surface area contributed by atoms with Crippen LogP contribution in [-0.4, -0.2) is 81.8 Å². The van der Waals surface area contributed by atoms with E-state index in [1.54, 1.807) is 48.5 Å². The molecule has 0 bridgehead atoms. The Hall–Kier alpha value is -2.91. The molecule has 0 aromatic heterocycles. The summed E-state index contributed by atoms with van der Waals surface area (Å²) in [5, 5.41) is 9.63. The van der Waals surface area contributed by atoms with Crippen LogP contribution in [-0.2, 0) is 29.9 Å². The van der Waals surface area contributed by atoms with Crippen molar-refractivity contribution in [2.24, 2.45) is 0 Å². The molecule has 2 aromatic rings. The molecule has 0 spiro atoms. The van der Waals surface area contributed by atoms with E-state index < -0.39 is 41.9 Å². The number of benzene rings is 2. The van der Waals surface area contributed by atoms with Crippen molar-refractivity contribution in [2.45, 2.75) is 90.6 Å². The SMILES string of the molecule is CCOP1(=O)CCN(Cc2ccccc2-c2cccc(Cl)c2)C[C@@]1(CCCCN(C(=O)OC(C)(C)C)C(=O)OC(C)(C)C)C(=O)O. The molecule has 0 aliphatic carbocycles. The minimum Gasteiger partial charge on any atom is -0.480 e. The number of rotatable bonds is 11. The van der Waals surface area contributed by atoms with Gasteiger partial charge in [-0.2, -0.15) is 0 Å². The van der Waals surface area contributed by atoms with Gasteiger partial charge in [-0.25, -0.2) is 14.5 Å². The van der Waals surface area contributed by atoms with Gasteiger partial charge in [-0.3, -0.25) is 14.3 Å². The molecule has 1 heterocycles. The summed E-state index contributed by atoms with van der Waals surface area (Å²) in [7, 11) is -3.64. The summed E-state index contributed by atoms with van der Waals surface area (Å²) < 4.78 is 31.0. The van der Waals surface area contributed by atoms with Gasteiger partial charge in [0.05, 0.1) is 6.61 Å². The number of ether oxygens (including phenoxy) is 2. The van der Waals surface area contributed by atoms with Gasteiger partial charge in [0.1, 0.15) is 11.2 Å². The van der Waals surface area contributed by atoms with Crippen LogP contribution in [0.2, 0.25) is 5.02 Å². The number of amides is 2. The molecular formula is C34H48ClN2O8P. The Balaban J connectivity index is 1.83. The number of carbonyl (C=O) groups excluding carboxylic acids is 2. The van der Waals surface area contributed by atoms with Crippen LogP contribution in [0.4, 0.5) is 9.59 Å². The topological polar surface area (TPSA) is 123 Å². The molecule has 1 fully saturated rings. The highest BCUT2D eigenvalue weighted by molar-refractivity contribution is 7.62. The molecule has 1 aliphatic rings. The summed E-state index contributed by atoms with van der Waals surface area (Å²) >= 11 is 6.27. The van der Waals surface area contributed by atoms with Crippen LogP contribution in [0.5, 0.6) is 0 Å². The second-order valence-electron chi connectivity index (χ2n) is 13.6. The number of halogens is 1. The Morgan fingerprint density at radius 2 is 1.61 bits per heavy atom. The molecule has 1 unspecified atom stereocenters. The van der Waals surface area contributed by atoms with Crippen molar-refractivity contribution >= 4 is 37.1 Å². The first-order valence-electron chi connectivity index (χ1n) is 15.7. The molecule has 0 radical (unpaired) electrons. The standard InChI is InChI=1S/C34H48ClN2O8P/c1-8-43-46(42)21-20-36(23-26-14-9-10-17-28(26)25-15-13-16-27(35)22-25)24-34(46,29(38)39)18-11-12-19-37(30(40)44-32(2,3)4)31(41)45-33(5,6)7/h9-10,13-17,22H,8,11-12,18-21,23-24H2,1-7H3,(H,38,39)/t34-,46?/m0/s1. The van der Waals surface area contributed by atoms with Gasteiger partial charge in [0.15, 0.2) is 5.16 Å². The summed E-state index contributed by atoms with van der Waals surface area (Å²) in [5.74, 6) is -1.19. The number of carboxylic acids is 1. The van der Waals surface area contributed by atoms with E-state index in [1.807, 2.05) is 53.4 Å². The van der Waals surface area contributed by atoms with Gasteiger partial charge in [0, 0.05) is 37.4 Å². The lowest BCUT2D eigenvalue weighted by molar-refractivity contribution is -0.141. The molecule has 2 aromatic carbocycles. The molecule has 46 heavy (non-hydrogen) atoms. The second-order valence-corrected chi connectivity index (χ2v) is 16.9. The summed E-state index contributed by atoms with van der Waals surface area (Å²) in [5.41, 5.74) is 1.23. The van der Waals surface area contributed by atoms with Gasteiger partial charge in [-0.15, -0.1) is 0 Å². The fourth-order valence-electron chi connectivity index (χ4n) is 5.56. The van der Waals surface area contributed by atoms with E-state index >= 15 is 0 Å². The summed E-state index contributed by atoms with van der Waals surface area (Å²) in [6.45, 7) is 12.8. The minimum atomic E-state index is -3.64. The fourth-order valence-corrected chi connectivity index (χ4v) is 8.72. The van der Waals surface area contributed by atoms with E-state index in [0.717, 1.165) is 21.6 Å². The van der Waals surface area contributed by atoms with Crippen molar-refractivity contribution in [3.8, 4) is 11.1 Å². The highest BCUT2D eigenvalue weighted by Gasteiger charge is 2.58. The molecule has 3 rings (SSSR count). The number of imide groups is 1. The number of carbonyl (C=O) groups is 3. The Morgan fingerprint density at radius 1 is 0.978 bits per heavy atom. The first kappa shape index (κ1) is 37.5. The molecule has 1 aliphatic heterocycles. The van der Waals surface area contributed by atoms with Crippen LogP contribution in [0, 0.1) is 0 Å². The third-order valence-corrected chi connectivity index (χ3v) is 11.1. The van der Waals surface area contributed by atoms with Crippen molar-refractivity contribution in [1.82, 2.24) is 9.80 Å². The first-order valence-corrected chi connectivity index (χ1v) is 17.9. The Kier molecular flexibility index (Phi) is 12.5. The predicted molar refractivity (Wildman–Crippen MR) is 180 cm³/mol. The molecule has 10 nitrogen and oxygen atoms in total. The van der Waals surface area contributed by atoms with Crippen LogP contribution in [0.15, 0.2) is 48.5 Å². The number of aliphatic carboxylic acids is 1. The number of hydrogen-bond acceptors (Lipinski definition) is 8. The van der Waals surface area contributed by atoms with Crippen LogP contribution >= 0.6 is 19.0 Å². The monoisotopic (exact) mass is 678 g/mol. The number of carboxylic acid groups (broad SMARTS) is 1. The molecular weight excluding hydrogens is 631 g/mol. The normalized spacial score (nSPS) is 20.6. The average Bonchev–Trinajstić information content (AvgIpc) is 2.93. The van der Waals surface area contributed by atoms with E-state index in [1.165, 1.54) is 0 Å². The van der Waals surface area contributed by atoms with Crippen molar-refractivity contribution in [3.63, 3.8) is 0 Å².